The van der Waals surface area contributed by atoms with Gasteiger partial charge in [0.2, 0.25) is 0 Å². The van der Waals surface area contributed by atoms with Gasteiger partial charge in [0.15, 0.2) is 0 Å². The van der Waals surface area contributed by atoms with Crippen molar-refractivity contribution >= 4 is 29.0 Å². The van der Waals surface area contributed by atoms with E-state index in [0.717, 1.165) is 29.3 Å². The maximum atomic E-state index is 13.8. The summed E-state index contributed by atoms with van der Waals surface area (Å²) in [6.45, 7) is 1.92. The van der Waals surface area contributed by atoms with Crippen molar-refractivity contribution in [1.82, 2.24) is 4.90 Å². The van der Waals surface area contributed by atoms with Crippen LogP contribution in [0.3, 0.4) is 0 Å². The van der Waals surface area contributed by atoms with Gasteiger partial charge in [0.1, 0.15) is 11.6 Å². The van der Waals surface area contributed by atoms with E-state index < -0.39 is 23.3 Å². The Morgan fingerprint density at radius 2 is 1.64 bits per heavy atom. The minimum Gasteiger partial charge on any atom is -0.385 e. The lowest BCUT2D eigenvalue weighted by Crippen LogP contribution is -2.42. The number of aliphatic hydroxyl groups is 1. The second-order valence-corrected chi connectivity index (χ2v) is 8.61. The average molecular weight is 472 g/mol. The van der Waals surface area contributed by atoms with Crippen LogP contribution in [-0.2, 0) is 12.1 Å². The molecule has 8 heteroatoms. The lowest BCUT2D eigenvalue weighted by molar-refractivity contribution is -0.0276. The third-order valence-corrected chi connectivity index (χ3v) is 6.15. The largest absolute Gasteiger partial charge is 0.385 e. The Morgan fingerprint density at radius 3 is 2.36 bits per heavy atom. The summed E-state index contributed by atoms with van der Waals surface area (Å²) in [7, 11) is 0. The van der Waals surface area contributed by atoms with Gasteiger partial charge >= 0.3 is 6.03 Å². The lowest BCUT2D eigenvalue weighted by atomic mass is 9.84. The number of likely N-dealkylation sites (tertiary alicyclic amines) is 1. The second-order valence-electron chi connectivity index (χ2n) is 8.18. The fraction of sp³-hybridized carbons (Fsp3) is 0.240. The maximum absolute atomic E-state index is 13.8. The number of carbonyl (C=O) groups is 1. The number of halogens is 3. The van der Waals surface area contributed by atoms with Crippen molar-refractivity contribution in [1.29, 1.82) is 0 Å². The van der Waals surface area contributed by atoms with Crippen molar-refractivity contribution in [3.05, 3.63) is 94.5 Å². The number of carbonyl (C=O) groups excluding carboxylic acids is 1. The van der Waals surface area contributed by atoms with Crippen LogP contribution in [0.15, 0.2) is 66.7 Å². The minimum atomic E-state index is -0.895. The Hall–Kier alpha value is -3.00. The average Bonchev–Trinajstić information content (AvgIpc) is 2.79. The van der Waals surface area contributed by atoms with E-state index in [0.29, 0.717) is 43.2 Å². The molecule has 2 amide bonds. The van der Waals surface area contributed by atoms with E-state index in [1.165, 1.54) is 0 Å². The minimum absolute atomic E-state index is 0.234. The van der Waals surface area contributed by atoms with Gasteiger partial charge < -0.3 is 15.7 Å². The molecule has 1 aliphatic heterocycles. The predicted molar refractivity (Wildman–Crippen MR) is 125 cm³/mol. The van der Waals surface area contributed by atoms with Gasteiger partial charge in [-0.05, 0) is 54.3 Å². The molecule has 1 saturated heterocycles. The first-order valence-electron chi connectivity index (χ1n) is 10.6. The molecule has 33 heavy (non-hydrogen) atoms. The highest BCUT2D eigenvalue weighted by atomic mass is 35.5. The summed E-state index contributed by atoms with van der Waals surface area (Å²) in [5.74, 6) is -1.36. The molecular weight excluding hydrogens is 448 g/mol. The second kappa shape index (κ2) is 9.87. The predicted octanol–water partition coefficient (Wildman–Crippen LogP) is 5.75. The van der Waals surface area contributed by atoms with Gasteiger partial charge in [0.05, 0.1) is 11.3 Å². The van der Waals surface area contributed by atoms with Crippen molar-refractivity contribution in [3.63, 3.8) is 0 Å². The van der Waals surface area contributed by atoms with Gasteiger partial charge in [-0.15, -0.1) is 0 Å². The summed E-state index contributed by atoms with van der Waals surface area (Å²) < 4.78 is 27.2. The van der Waals surface area contributed by atoms with Gasteiger partial charge in [0, 0.05) is 36.4 Å². The van der Waals surface area contributed by atoms with Crippen molar-refractivity contribution in [2.45, 2.75) is 25.0 Å². The number of hydrogen-bond acceptors (Lipinski definition) is 3. The number of nitrogens with one attached hydrogen (secondary N) is 2. The molecule has 0 aromatic heterocycles. The van der Waals surface area contributed by atoms with Crippen LogP contribution in [0.1, 0.15) is 24.0 Å². The van der Waals surface area contributed by atoms with E-state index in [1.54, 1.807) is 24.3 Å². The normalized spacial score (nSPS) is 15.8. The molecule has 1 heterocycles. The third-order valence-electron chi connectivity index (χ3n) is 5.90. The van der Waals surface area contributed by atoms with E-state index >= 15 is 0 Å². The molecule has 0 aliphatic carbocycles. The van der Waals surface area contributed by atoms with Crippen LogP contribution in [0.2, 0.25) is 5.02 Å². The number of amides is 2. The molecule has 1 aliphatic rings. The third kappa shape index (κ3) is 5.68. The summed E-state index contributed by atoms with van der Waals surface area (Å²) >= 11 is 5.96. The van der Waals surface area contributed by atoms with Gasteiger partial charge in [-0.25, -0.2) is 13.6 Å². The zero-order chi connectivity index (χ0) is 23.4. The zero-order valence-electron chi connectivity index (χ0n) is 17.8. The fourth-order valence-corrected chi connectivity index (χ4v) is 4.15. The topological polar surface area (TPSA) is 64.6 Å². The maximum Gasteiger partial charge on any atom is 0.323 e. The van der Waals surface area contributed by atoms with Crippen molar-refractivity contribution in [2.24, 2.45) is 0 Å². The Labute approximate surface area is 196 Å². The monoisotopic (exact) mass is 471 g/mol. The first-order chi connectivity index (χ1) is 15.8. The molecule has 0 atom stereocenters. The highest BCUT2D eigenvalue weighted by molar-refractivity contribution is 6.30. The molecular formula is C25H24ClF2N3O2. The number of para-hydroxylation sites is 1. The summed E-state index contributed by atoms with van der Waals surface area (Å²) in [6, 6.07) is 16.8. The van der Waals surface area contributed by atoms with Crippen LogP contribution in [0, 0.1) is 11.6 Å². The lowest BCUT2D eigenvalue weighted by Gasteiger charge is -2.38. The van der Waals surface area contributed by atoms with Gasteiger partial charge in [-0.1, -0.05) is 41.9 Å². The van der Waals surface area contributed by atoms with Crippen LogP contribution in [0.4, 0.5) is 25.0 Å². The standard InChI is InChI=1S/C25H24ClF2N3O2/c26-19-7-5-18(6-8-19)25(33)11-13-31(14-12-25)16-17-3-1-2-4-22(17)29-24(32)30-23-15-20(27)9-10-21(23)28/h1-10,15,33H,11-14,16H2,(H2,29,30,32). The molecule has 4 rings (SSSR count). The number of benzene rings is 3. The van der Waals surface area contributed by atoms with E-state index in [9.17, 15) is 18.7 Å². The Kier molecular flexibility index (Phi) is 6.93. The zero-order valence-corrected chi connectivity index (χ0v) is 18.6. The number of anilines is 2. The number of rotatable bonds is 5. The van der Waals surface area contributed by atoms with Gasteiger partial charge in [-0.3, -0.25) is 4.90 Å². The first-order valence-corrected chi connectivity index (χ1v) is 11.0. The summed E-state index contributed by atoms with van der Waals surface area (Å²) in [6.07, 6.45) is 1.15. The molecule has 172 valence electrons. The SMILES string of the molecule is O=C(Nc1cc(F)ccc1F)Nc1ccccc1CN1CCC(O)(c2ccc(Cl)cc2)CC1. The molecule has 0 saturated carbocycles. The fourth-order valence-electron chi connectivity index (χ4n) is 4.02. The van der Waals surface area contributed by atoms with E-state index in [2.05, 4.69) is 15.5 Å². The van der Waals surface area contributed by atoms with Gasteiger partial charge in [0.25, 0.3) is 0 Å². The van der Waals surface area contributed by atoms with E-state index in [-0.39, 0.29) is 5.69 Å². The molecule has 1 fully saturated rings. The summed E-state index contributed by atoms with van der Waals surface area (Å²) in [4.78, 5) is 14.6. The highest BCUT2D eigenvalue weighted by Crippen LogP contribution is 2.34. The molecule has 3 aromatic rings. The van der Waals surface area contributed by atoms with Crippen LogP contribution in [0.25, 0.3) is 0 Å². The van der Waals surface area contributed by atoms with Crippen LogP contribution >= 0.6 is 11.6 Å². The molecule has 3 aromatic carbocycles. The highest BCUT2D eigenvalue weighted by Gasteiger charge is 2.34. The molecule has 0 unspecified atom stereocenters. The number of hydrogen-bond donors (Lipinski definition) is 3. The summed E-state index contributed by atoms with van der Waals surface area (Å²) in [5, 5.41) is 16.8. The Bertz CT molecular complexity index is 1130. The Balaban J connectivity index is 1.38. The van der Waals surface area contributed by atoms with Gasteiger partial charge in [-0.2, -0.15) is 0 Å². The van der Waals surface area contributed by atoms with Crippen molar-refractivity contribution in [2.75, 3.05) is 23.7 Å². The molecule has 0 spiro atoms. The van der Waals surface area contributed by atoms with Crippen molar-refractivity contribution in [3.8, 4) is 0 Å². The molecule has 0 radical (unpaired) electrons. The van der Waals surface area contributed by atoms with Crippen LogP contribution in [0.5, 0.6) is 0 Å². The molecule has 5 nitrogen and oxygen atoms in total. The smallest absolute Gasteiger partial charge is 0.323 e. The quantitative estimate of drug-likeness (QED) is 0.444. The van der Waals surface area contributed by atoms with Crippen LogP contribution < -0.4 is 10.6 Å². The first kappa shape index (κ1) is 23.2. The number of piperidine rings is 1. The Morgan fingerprint density at radius 1 is 0.970 bits per heavy atom. The van der Waals surface area contributed by atoms with E-state index in [1.807, 2.05) is 24.3 Å². The number of nitrogens with zero attached hydrogens (tertiary/aromatic N) is 1. The van der Waals surface area contributed by atoms with E-state index in [4.69, 9.17) is 11.6 Å². The summed E-state index contributed by atoms with van der Waals surface area (Å²) in [5.41, 5.74) is 1.18. The number of urea groups is 1. The molecule has 3 N–H and O–H groups in total. The van der Waals surface area contributed by atoms with Crippen LogP contribution in [-0.4, -0.2) is 29.1 Å². The van der Waals surface area contributed by atoms with Crippen molar-refractivity contribution < 1.29 is 18.7 Å². The molecule has 0 bridgehead atoms.